The van der Waals surface area contributed by atoms with Gasteiger partial charge in [0.1, 0.15) is 11.6 Å². The molecule has 108 valence electrons. The molecule has 0 saturated heterocycles. The van der Waals surface area contributed by atoms with Crippen LogP contribution >= 0.6 is 0 Å². The minimum Gasteiger partial charge on any atom is -0.308 e. The fourth-order valence-electron chi connectivity index (χ4n) is 2.98. The largest absolute Gasteiger partial charge is 0.308 e. The summed E-state index contributed by atoms with van der Waals surface area (Å²) in [5.74, 6) is 0.686. The van der Waals surface area contributed by atoms with Gasteiger partial charge in [-0.05, 0) is 18.8 Å². The zero-order valence-corrected chi connectivity index (χ0v) is 12.4. The smallest absolute Gasteiger partial charge is 0.228 e. The second-order valence-electron chi connectivity index (χ2n) is 5.82. The highest BCUT2D eigenvalue weighted by atomic mass is 16.2. The Morgan fingerprint density at radius 2 is 2.05 bits per heavy atom. The van der Waals surface area contributed by atoms with E-state index < -0.39 is 0 Å². The topological polar surface area (TPSA) is 70.7 Å². The Labute approximate surface area is 120 Å². The van der Waals surface area contributed by atoms with Crippen molar-refractivity contribution in [2.45, 2.75) is 51.9 Å². The van der Waals surface area contributed by atoms with Gasteiger partial charge in [0.05, 0.1) is 5.69 Å². The molecule has 0 spiro atoms. The van der Waals surface area contributed by atoms with Gasteiger partial charge in [0.2, 0.25) is 5.91 Å². The van der Waals surface area contributed by atoms with Gasteiger partial charge < -0.3 is 5.32 Å². The van der Waals surface area contributed by atoms with Crippen molar-refractivity contribution < 1.29 is 4.79 Å². The first kappa shape index (κ1) is 14.6. The van der Waals surface area contributed by atoms with Crippen LogP contribution in [0.5, 0.6) is 0 Å². The third-order valence-corrected chi connectivity index (χ3v) is 3.97. The molecule has 0 radical (unpaired) electrons. The zero-order chi connectivity index (χ0) is 14.7. The molecule has 1 aliphatic carbocycles. The molecule has 1 fully saturated rings. The van der Waals surface area contributed by atoms with Crippen LogP contribution in [0.25, 0.3) is 0 Å². The summed E-state index contributed by atoms with van der Waals surface area (Å²) in [6, 6.07) is 2.18. The number of aromatic nitrogens is 2. The van der Waals surface area contributed by atoms with Crippen LogP contribution in [0, 0.1) is 17.2 Å². The molecular formula is C15H22N4O. The predicted octanol–water partition coefficient (Wildman–Crippen LogP) is 2.93. The fourth-order valence-corrected chi connectivity index (χ4v) is 2.98. The highest BCUT2D eigenvalue weighted by Gasteiger charge is 2.25. The summed E-state index contributed by atoms with van der Waals surface area (Å²) < 4.78 is 1.69. The molecule has 0 unspecified atom stereocenters. The molecule has 1 aliphatic rings. The average molecular weight is 274 g/mol. The maximum absolute atomic E-state index is 12.3. The number of rotatable bonds is 3. The summed E-state index contributed by atoms with van der Waals surface area (Å²) in [5, 5.41) is 16.5. The Balaban J connectivity index is 2.19. The summed E-state index contributed by atoms with van der Waals surface area (Å²) in [4.78, 5) is 12.3. The Bertz CT molecular complexity index is 533. The van der Waals surface area contributed by atoms with Crippen molar-refractivity contribution in [3.8, 4) is 6.07 Å². The van der Waals surface area contributed by atoms with Gasteiger partial charge in [-0.1, -0.05) is 33.1 Å². The van der Waals surface area contributed by atoms with E-state index in [1.807, 2.05) is 20.9 Å². The number of hydrogen-bond donors (Lipinski definition) is 1. The molecule has 1 amide bonds. The van der Waals surface area contributed by atoms with E-state index >= 15 is 0 Å². The number of anilines is 1. The molecule has 5 heteroatoms. The lowest BCUT2D eigenvalue weighted by Gasteiger charge is -2.20. The number of nitrogens with one attached hydrogen (secondary N) is 1. The van der Waals surface area contributed by atoms with Gasteiger partial charge in [-0.25, -0.2) is 0 Å². The first-order valence-electron chi connectivity index (χ1n) is 7.32. The molecule has 5 nitrogen and oxygen atoms in total. The SMILES string of the molecule is CC(C)c1c(C#N)c(NC(=O)C2CCCCC2)nn1C. The van der Waals surface area contributed by atoms with Gasteiger partial charge in [-0.3, -0.25) is 9.48 Å². The maximum atomic E-state index is 12.3. The lowest BCUT2D eigenvalue weighted by atomic mass is 9.88. The van der Waals surface area contributed by atoms with Crippen LogP contribution in [0.15, 0.2) is 0 Å². The van der Waals surface area contributed by atoms with Crippen LogP contribution in [-0.2, 0) is 11.8 Å². The standard InChI is InChI=1S/C15H22N4O/c1-10(2)13-12(9-16)14(18-19(13)3)17-15(20)11-7-5-4-6-8-11/h10-11H,4-8H2,1-3H3,(H,17,18,20). The predicted molar refractivity (Wildman–Crippen MR) is 77.2 cm³/mol. The Morgan fingerprint density at radius 1 is 1.40 bits per heavy atom. The highest BCUT2D eigenvalue weighted by molar-refractivity contribution is 5.93. The van der Waals surface area contributed by atoms with Crippen molar-refractivity contribution in [1.82, 2.24) is 9.78 Å². The van der Waals surface area contributed by atoms with E-state index in [2.05, 4.69) is 16.5 Å². The van der Waals surface area contributed by atoms with E-state index in [-0.39, 0.29) is 17.7 Å². The normalized spacial score (nSPS) is 16.1. The quantitative estimate of drug-likeness (QED) is 0.921. The van der Waals surface area contributed by atoms with Gasteiger partial charge >= 0.3 is 0 Å². The maximum Gasteiger partial charge on any atom is 0.228 e. The zero-order valence-electron chi connectivity index (χ0n) is 12.4. The van der Waals surface area contributed by atoms with Crippen molar-refractivity contribution in [2.24, 2.45) is 13.0 Å². The van der Waals surface area contributed by atoms with Crippen molar-refractivity contribution in [1.29, 1.82) is 5.26 Å². The fraction of sp³-hybridized carbons (Fsp3) is 0.667. The molecule has 1 N–H and O–H groups in total. The van der Waals surface area contributed by atoms with E-state index in [4.69, 9.17) is 0 Å². The summed E-state index contributed by atoms with van der Waals surface area (Å²) >= 11 is 0. The molecule has 1 heterocycles. The first-order chi connectivity index (χ1) is 9.54. The van der Waals surface area contributed by atoms with E-state index in [0.717, 1.165) is 31.4 Å². The number of hydrogen-bond acceptors (Lipinski definition) is 3. The Kier molecular flexibility index (Phi) is 4.43. The van der Waals surface area contributed by atoms with Crippen molar-refractivity contribution >= 4 is 11.7 Å². The van der Waals surface area contributed by atoms with Crippen LogP contribution in [-0.4, -0.2) is 15.7 Å². The highest BCUT2D eigenvalue weighted by Crippen LogP contribution is 2.28. The number of nitriles is 1. The summed E-state index contributed by atoms with van der Waals surface area (Å²) in [7, 11) is 1.81. The van der Waals surface area contributed by atoms with E-state index in [1.54, 1.807) is 4.68 Å². The van der Waals surface area contributed by atoms with Crippen molar-refractivity contribution in [2.75, 3.05) is 5.32 Å². The molecular weight excluding hydrogens is 252 g/mol. The lowest BCUT2D eigenvalue weighted by molar-refractivity contribution is -0.120. The van der Waals surface area contributed by atoms with Gasteiger partial charge in [-0.15, -0.1) is 0 Å². The van der Waals surface area contributed by atoms with Crippen LogP contribution in [0.1, 0.15) is 63.1 Å². The number of amides is 1. The molecule has 0 bridgehead atoms. The van der Waals surface area contributed by atoms with Crippen LogP contribution in [0.3, 0.4) is 0 Å². The van der Waals surface area contributed by atoms with Gasteiger partial charge in [-0.2, -0.15) is 10.4 Å². The minimum absolute atomic E-state index is 0.00889. The van der Waals surface area contributed by atoms with Gasteiger partial charge in [0, 0.05) is 13.0 Å². The summed E-state index contributed by atoms with van der Waals surface area (Å²) in [5.41, 5.74) is 1.36. The number of aryl methyl sites for hydroxylation is 1. The number of carbonyl (C=O) groups excluding carboxylic acids is 1. The van der Waals surface area contributed by atoms with Crippen LogP contribution in [0.4, 0.5) is 5.82 Å². The van der Waals surface area contributed by atoms with Crippen LogP contribution < -0.4 is 5.32 Å². The molecule has 1 saturated carbocycles. The molecule has 1 aromatic rings. The molecule has 2 rings (SSSR count). The second kappa shape index (κ2) is 6.08. The van der Waals surface area contributed by atoms with Gasteiger partial charge in [0.25, 0.3) is 0 Å². The molecule has 1 aromatic heterocycles. The molecule has 0 atom stereocenters. The second-order valence-corrected chi connectivity index (χ2v) is 5.82. The van der Waals surface area contributed by atoms with E-state index in [9.17, 15) is 10.1 Å². The van der Waals surface area contributed by atoms with E-state index in [0.29, 0.717) is 11.4 Å². The average Bonchev–Trinajstić information content (AvgIpc) is 2.75. The number of carbonyl (C=O) groups is 1. The van der Waals surface area contributed by atoms with Crippen molar-refractivity contribution in [3.05, 3.63) is 11.3 Å². The minimum atomic E-state index is 0.00889. The van der Waals surface area contributed by atoms with Gasteiger partial charge in [0.15, 0.2) is 5.82 Å². The molecule has 0 aliphatic heterocycles. The third kappa shape index (κ3) is 2.84. The molecule has 20 heavy (non-hydrogen) atoms. The van der Waals surface area contributed by atoms with Crippen LogP contribution in [0.2, 0.25) is 0 Å². The Morgan fingerprint density at radius 3 is 2.60 bits per heavy atom. The summed E-state index contributed by atoms with van der Waals surface area (Å²) in [6.07, 6.45) is 5.33. The summed E-state index contributed by atoms with van der Waals surface area (Å²) in [6.45, 7) is 4.04. The number of nitrogens with zero attached hydrogens (tertiary/aromatic N) is 3. The Hall–Kier alpha value is -1.83. The third-order valence-electron chi connectivity index (χ3n) is 3.97. The van der Waals surface area contributed by atoms with Crippen molar-refractivity contribution in [3.63, 3.8) is 0 Å². The first-order valence-corrected chi connectivity index (χ1v) is 7.32. The van der Waals surface area contributed by atoms with E-state index in [1.165, 1.54) is 6.42 Å². The lowest BCUT2D eigenvalue weighted by Crippen LogP contribution is -2.25. The monoisotopic (exact) mass is 274 g/mol. The molecule has 0 aromatic carbocycles.